The van der Waals surface area contributed by atoms with E-state index in [0.29, 0.717) is 0 Å². The van der Waals surface area contributed by atoms with Gasteiger partial charge in [0.05, 0.1) is 18.4 Å². The number of nitrogens with zero attached hydrogens (tertiary/aromatic N) is 2. The molecule has 2 rings (SSSR count). The first-order chi connectivity index (χ1) is 13.2. The van der Waals surface area contributed by atoms with Crippen molar-refractivity contribution in [1.82, 2.24) is 5.32 Å². The number of amidine groups is 1. The van der Waals surface area contributed by atoms with Crippen LogP contribution in [0.2, 0.25) is 0 Å². The molecule has 5 nitrogen and oxygen atoms in total. The van der Waals surface area contributed by atoms with E-state index in [9.17, 15) is 22.0 Å². The lowest BCUT2D eigenvalue weighted by molar-refractivity contribution is -0.138. The smallest absolute Gasteiger partial charge is 0.416 e. The number of aliphatic imine (C=N–C) groups is 1. The number of methoxy groups -OCH3 is 1. The van der Waals surface area contributed by atoms with Crippen molar-refractivity contribution >= 4 is 22.6 Å². The summed E-state index contributed by atoms with van der Waals surface area (Å²) in [7, 11) is 1.27. The van der Waals surface area contributed by atoms with Crippen LogP contribution in [0, 0.1) is 23.1 Å². The summed E-state index contributed by atoms with van der Waals surface area (Å²) in [6, 6.07) is 4.40. The van der Waals surface area contributed by atoms with Crippen molar-refractivity contribution in [2.45, 2.75) is 6.18 Å². The Bertz CT molecular complexity index is 918. The molecule has 0 aliphatic rings. The van der Waals surface area contributed by atoms with Gasteiger partial charge in [-0.05, 0) is 30.5 Å². The molecule has 0 saturated heterocycles. The van der Waals surface area contributed by atoms with Crippen LogP contribution in [0.5, 0.6) is 17.2 Å². The third kappa shape index (κ3) is 5.04. The topological polar surface area (TPSA) is 66.6 Å². The lowest BCUT2D eigenvalue weighted by Crippen LogP contribution is -2.12. The third-order valence-corrected chi connectivity index (χ3v) is 3.85. The van der Waals surface area contributed by atoms with Crippen molar-refractivity contribution < 1.29 is 31.4 Å². The molecule has 1 N–H and O–H groups in total. The molecule has 0 saturated carbocycles. The second kappa shape index (κ2) is 8.79. The molecule has 0 atom stereocenters. The lowest BCUT2D eigenvalue weighted by Gasteiger charge is -2.14. The molecular weight excluding hydrogens is 405 g/mol. The molecule has 0 spiro atoms. The summed E-state index contributed by atoms with van der Waals surface area (Å²) in [6.45, 7) is 0. The summed E-state index contributed by atoms with van der Waals surface area (Å²) in [5.41, 5.74) is -1.23. The van der Waals surface area contributed by atoms with Gasteiger partial charge in [-0.3, -0.25) is 5.32 Å². The molecule has 28 heavy (non-hydrogen) atoms. The number of ether oxygens (including phenoxy) is 2. The Kier molecular flexibility index (Phi) is 6.69. The Hall–Kier alpha value is -3.00. The van der Waals surface area contributed by atoms with Crippen LogP contribution in [0.3, 0.4) is 0 Å². The fraction of sp³-hybridized carbons (Fsp3) is 0.176. The first kappa shape index (κ1) is 21.3. The number of alkyl halides is 3. The average molecular weight is 417 g/mol. The largest absolute Gasteiger partial charge is 0.493 e. The van der Waals surface area contributed by atoms with Crippen molar-refractivity contribution in [2.75, 3.05) is 13.4 Å². The van der Waals surface area contributed by atoms with Gasteiger partial charge in [-0.25, -0.2) is 13.8 Å². The Morgan fingerprint density at radius 3 is 2.29 bits per heavy atom. The highest BCUT2D eigenvalue weighted by Gasteiger charge is 2.33. The molecule has 2 aromatic rings. The summed E-state index contributed by atoms with van der Waals surface area (Å²) in [4.78, 5) is 4.11. The summed E-state index contributed by atoms with van der Waals surface area (Å²) in [6.07, 6.45) is -1.54. The monoisotopic (exact) mass is 417 g/mol. The van der Waals surface area contributed by atoms with Crippen LogP contribution in [0.25, 0.3) is 0 Å². The van der Waals surface area contributed by atoms with Crippen LogP contribution in [0.15, 0.2) is 35.3 Å². The van der Waals surface area contributed by atoms with E-state index in [2.05, 4.69) is 10.3 Å². The number of thioether (sulfide) groups is 1. The first-order valence-electron chi connectivity index (χ1n) is 7.39. The molecule has 0 fully saturated rings. The summed E-state index contributed by atoms with van der Waals surface area (Å²) in [5.74, 6) is -4.19. The van der Waals surface area contributed by atoms with Crippen LogP contribution in [-0.4, -0.2) is 18.5 Å². The standard InChI is InChI=1S/C17H12F5N3O2S/c1-26-13-4-3-10(25-16(28-2)24-8-23)7-14(13)27-15-11(18)5-9(6-12(15)19)17(20,21)22/h3-7H,1-2H3,(H,24,25). The predicted octanol–water partition coefficient (Wildman–Crippen LogP) is 5.21. The van der Waals surface area contributed by atoms with Crippen molar-refractivity contribution in [1.29, 1.82) is 5.26 Å². The maximum absolute atomic E-state index is 14.0. The molecule has 0 unspecified atom stereocenters. The van der Waals surface area contributed by atoms with Gasteiger partial charge in [0, 0.05) is 6.07 Å². The van der Waals surface area contributed by atoms with Gasteiger partial charge in [-0.1, -0.05) is 11.8 Å². The quantitative estimate of drug-likeness (QED) is 0.243. The molecular formula is C17H12F5N3O2S. The number of hydrogen-bond donors (Lipinski definition) is 1. The van der Waals surface area contributed by atoms with E-state index in [4.69, 9.17) is 14.7 Å². The molecule has 148 valence electrons. The van der Waals surface area contributed by atoms with E-state index in [-0.39, 0.29) is 34.5 Å². The molecule has 0 heterocycles. The summed E-state index contributed by atoms with van der Waals surface area (Å²) in [5, 5.41) is 11.2. The Balaban J connectivity index is 2.46. The number of hydrogen-bond acceptors (Lipinski definition) is 5. The fourth-order valence-corrected chi connectivity index (χ4v) is 2.38. The fourth-order valence-electron chi connectivity index (χ4n) is 2.04. The lowest BCUT2D eigenvalue weighted by atomic mass is 10.2. The second-order valence-corrected chi connectivity index (χ2v) is 5.86. The highest BCUT2D eigenvalue weighted by molar-refractivity contribution is 8.13. The Labute approximate surface area is 160 Å². The van der Waals surface area contributed by atoms with Gasteiger partial charge in [0.25, 0.3) is 0 Å². The van der Waals surface area contributed by atoms with Gasteiger partial charge in [0.15, 0.2) is 40.2 Å². The minimum absolute atomic E-state index is 0.0663. The van der Waals surface area contributed by atoms with Crippen molar-refractivity contribution in [2.24, 2.45) is 4.99 Å². The number of nitriles is 1. The summed E-state index contributed by atoms with van der Waals surface area (Å²) < 4.78 is 76.2. The SMILES string of the molecule is COc1ccc(N=C(NC#N)SC)cc1Oc1c(F)cc(C(F)(F)F)cc1F. The molecule has 0 radical (unpaired) electrons. The third-order valence-electron chi connectivity index (χ3n) is 3.27. The molecule has 0 bridgehead atoms. The van der Waals surface area contributed by atoms with E-state index in [0.717, 1.165) is 11.8 Å². The number of halogens is 5. The maximum atomic E-state index is 14.0. The van der Waals surface area contributed by atoms with Crippen LogP contribution in [-0.2, 0) is 6.18 Å². The zero-order chi connectivity index (χ0) is 20.9. The normalized spacial score (nSPS) is 11.7. The van der Waals surface area contributed by atoms with Gasteiger partial charge in [0.2, 0.25) is 0 Å². The average Bonchev–Trinajstić information content (AvgIpc) is 2.63. The second-order valence-electron chi connectivity index (χ2n) is 5.06. The molecule has 0 aliphatic heterocycles. The van der Waals surface area contributed by atoms with E-state index >= 15 is 0 Å². The van der Waals surface area contributed by atoms with Crippen molar-refractivity contribution in [3.8, 4) is 23.4 Å². The molecule has 2 aromatic carbocycles. The van der Waals surface area contributed by atoms with Crippen LogP contribution >= 0.6 is 11.8 Å². The highest BCUT2D eigenvalue weighted by Crippen LogP contribution is 2.39. The van der Waals surface area contributed by atoms with Gasteiger partial charge in [-0.2, -0.15) is 18.4 Å². The molecule has 0 aromatic heterocycles. The van der Waals surface area contributed by atoms with Gasteiger partial charge < -0.3 is 9.47 Å². The zero-order valence-electron chi connectivity index (χ0n) is 14.4. The van der Waals surface area contributed by atoms with Crippen molar-refractivity contribution in [3.05, 3.63) is 47.5 Å². The molecule has 11 heteroatoms. The number of benzene rings is 2. The van der Waals surface area contributed by atoms with Crippen LogP contribution in [0.4, 0.5) is 27.6 Å². The number of nitrogens with one attached hydrogen (secondary N) is 1. The molecule has 0 aliphatic carbocycles. The van der Waals surface area contributed by atoms with E-state index in [1.807, 2.05) is 0 Å². The van der Waals surface area contributed by atoms with Crippen LogP contribution < -0.4 is 14.8 Å². The summed E-state index contributed by atoms with van der Waals surface area (Å²) >= 11 is 1.14. The minimum atomic E-state index is -4.91. The highest BCUT2D eigenvalue weighted by atomic mass is 32.2. The molecule has 0 amide bonds. The van der Waals surface area contributed by atoms with E-state index in [1.165, 1.54) is 25.3 Å². The Morgan fingerprint density at radius 1 is 1.14 bits per heavy atom. The van der Waals surface area contributed by atoms with E-state index in [1.54, 1.807) is 12.4 Å². The van der Waals surface area contributed by atoms with E-state index < -0.39 is 29.1 Å². The zero-order valence-corrected chi connectivity index (χ0v) is 15.2. The van der Waals surface area contributed by atoms with Gasteiger partial charge >= 0.3 is 6.18 Å². The van der Waals surface area contributed by atoms with Gasteiger partial charge in [-0.15, -0.1) is 0 Å². The van der Waals surface area contributed by atoms with Crippen LogP contribution in [0.1, 0.15) is 5.56 Å². The number of rotatable bonds is 4. The minimum Gasteiger partial charge on any atom is -0.493 e. The predicted molar refractivity (Wildman–Crippen MR) is 93.8 cm³/mol. The van der Waals surface area contributed by atoms with Crippen molar-refractivity contribution in [3.63, 3.8) is 0 Å². The van der Waals surface area contributed by atoms with Gasteiger partial charge in [0.1, 0.15) is 0 Å². The maximum Gasteiger partial charge on any atom is 0.416 e. The Morgan fingerprint density at radius 2 is 1.79 bits per heavy atom. The first-order valence-corrected chi connectivity index (χ1v) is 8.62.